The molecule has 0 saturated heterocycles. The SMILES string of the molecule is CC1=CC(C)CC(CNc2cc(C(N)=O)c(F)cc2F)C1. The first-order valence-corrected chi connectivity index (χ1v) is 7.06. The fourth-order valence-electron chi connectivity index (χ4n) is 2.97. The first-order chi connectivity index (χ1) is 9.86. The molecule has 0 saturated carbocycles. The van der Waals surface area contributed by atoms with E-state index < -0.39 is 17.5 Å². The van der Waals surface area contributed by atoms with E-state index in [1.807, 2.05) is 0 Å². The van der Waals surface area contributed by atoms with E-state index in [0.29, 0.717) is 24.4 Å². The molecule has 21 heavy (non-hydrogen) atoms. The highest BCUT2D eigenvalue weighted by molar-refractivity contribution is 5.94. The van der Waals surface area contributed by atoms with Crippen LogP contribution in [0.2, 0.25) is 0 Å². The van der Waals surface area contributed by atoms with Crippen molar-refractivity contribution in [1.82, 2.24) is 0 Å². The number of hydrogen-bond acceptors (Lipinski definition) is 2. The molecule has 1 aromatic rings. The second-order valence-electron chi connectivity index (χ2n) is 5.85. The first-order valence-electron chi connectivity index (χ1n) is 7.06. The van der Waals surface area contributed by atoms with Gasteiger partial charge in [0.2, 0.25) is 0 Å². The van der Waals surface area contributed by atoms with Gasteiger partial charge >= 0.3 is 0 Å². The fourth-order valence-corrected chi connectivity index (χ4v) is 2.97. The Morgan fingerprint density at radius 2 is 2.10 bits per heavy atom. The third kappa shape index (κ3) is 3.80. The number of allylic oxidation sites excluding steroid dienone is 2. The molecule has 2 atom stereocenters. The maximum Gasteiger partial charge on any atom is 0.251 e. The summed E-state index contributed by atoms with van der Waals surface area (Å²) in [4.78, 5) is 11.1. The molecule has 0 aliphatic heterocycles. The predicted octanol–water partition coefficient (Wildman–Crippen LogP) is 3.47. The Hall–Kier alpha value is -1.91. The molecule has 0 aromatic heterocycles. The molecule has 1 aromatic carbocycles. The predicted molar refractivity (Wildman–Crippen MR) is 79.0 cm³/mol. The lowest BCUT2D eigenvalue weighted by molar-refractivity contribution is 0.0996. The second-order valence-corrected chi connectivity index (χ2v) is 5.85. The minimum absolute atomic E-state index is 0.116. The number of amides is 1. The lowest BCUT2D eigenvalue weighted by Gasteiger charge is -2.26. The Morgan fingerprint density at radius 3 is 2.71 bits per heavy atom. The van der Waals surface area contributed by atoms with E-state index in [-0.39, 0.29) is 11.3 Å². The van der Waals surface area contributed by atoms with Crippen LogP contribution in [-0.4, -0.2) is 12.5 Å². The van der Waals surface area contributed by atoms with E-state index in [1.165, 1.54) is 5.57 Å². The van der Waals surface area contributed by atoms with Crippen LogP contribution in [0.3, 0.4) is 0 Å². The van der Waals surface area contributed by atoms with Gasteiger partial charge in [-0.25, -0.2) is 8.78 Å². The molecule has 0 heterocycles. The Bertz CT molecular complexity index is 584. The van der Waals surface area contributed by atoms with Gasteiger partial charge in [0.15, 0.2) is 0 Å². The number of nitrogens with two attached hydrogens (primary N) is 1. The Balaban J connectivity index is 2.08. The van der Waals surface area contributed by atoms with Crippen molar-refractivity contribution in [3.05, 3.63) is 41.0 Å². The van der Waals surface area contributed by atoms with Crippen molar-refractivity contribution in [2.45, 2.75) is 26.7 Å². The van der Waals surface area contributed by atoms with Crippen molar-refractivity contribution < 1.29 is 13.6 Å². The fraction of sp³-hybridized carbons (Fsp3) is 0.438. The number of anilines is 1. The van der Waals surface area contributed by atoms with Crippen molar-refractivity contribution in [3.63, 3.8) is 0 Å². The number of hydrogen-bond donors (Lipinski definition) is 2. The number of primary amides is 1. The minimum Gasteiger partial charge on any atom is -0.382 e. The van der Waals surface area contributed by atoms with Crippen molar-refractivity contribution in [2.24, 2.45) is 17.6 Å². The summed E-state index contributed by atoms with van der Waals surface area (Å²) in [5, 5.41) is 2.97. The number of nitrogens with one attached hydrogen (secondary N) is 1. The maximum atomic E-state index is 13.7. The molecule has 114 valence electrons. The van der Waals surface area contributed by atoms with Gasteiger partial charge < -0.3 is 11.1 Å². The van der Waals surface area contributed by atoms with Gasteiger partial charge in [0.1, 0.15) is 11.6 Å². The summed E-state index contributed by atoms with van der Waals surface area (Å²) in [6.45, 7) is 4.82. The highest BCUT2D eigenvalue weighted by Crippen LogP contribution is 2.28. The summed E-state index contributed by atoms with van der Waals surface area (Å²) in [5.74, 6) is -1.65. The van der Waals surface area contributed by atoms with Crippen molar-refractivity contribution in [3.8, 4) is 0 Å². The largest absolute Gasteiger partial charge is 0.382 e. The molecule has 1 aliphatic carbocycles. The number of carbonyl (C=O) groups excluding carboxylic acids is 1. The van der Waals surface area contributed by atoms with Crippen LogP contribution >= 0.6 is 0 Å². The highest BCUT2D eigenvalue weighted by Gasteiger charge is 2.19. The molecule has 2 unspecified atom stereocenters. The van der Waals surface area contributed by atoms with E-state index in [4.69, 9.17) is 5.73 Å². The normalized spacial score (nSPS) is 21.8. The van der Waals surface area contributed by atoms with Crippen molar-refractivity contribution in [2.75, 3.05) is 11.9 Å². The highest BCUT2D eigenvalue weighted by atomic mass is 19.1. The standard InChI is InChI=1S/C16H20F2N2O/c1-9-3-10(2)5-11(4-9)8-20-15-6-12(16(19)21)13(17)7-14(15)18/h3,6-7,9,11,20H,4-5,8H2,1-2H3,(H2,19,21). The maximum absolute atomic E-state index is 13.7. The third-order valence-electron chi connectivity index (χ3n) is 3.79. The van der Waals surface area contributed by atoms with Crippen LogP contribution in [-0.2, 0) is 0 Å². The average molecular weight is 294 g/mol. The number of benzene rings is 1. The first kappa shape index (κ1) is 15.5. The van der Waals surface area contributed by atoms with Gasteiger partial charge in [0.25, 0.3) is 5.91 Å². The van der Waals surface area contributed by atoms with Crippen LogP contribution in [0.15, 0.2) is 23.8 Å². The molecule has 0 bridgehead atoms. The average Bonchev–Trinajstić information content (AvgIpc) is 2.36. The number of carbonyl (C=O) groups is 1. The molecule has 0 fully saturated rings. The van der Waals surface area contributed by atoms with E-state index in [2.05, 4.69) is 25.2 Å². The van der Waals surface area contributed by atoms with Gasteiger partial charge in [-0.3, -0.25) is 4.79 Å². The van der Waals surface area contributed by atoms with Gasteiger partial charge in [0, 0.05) is 12.6 Å². The summed E-state index contributed by atoms with van der Waals surface area (Å²) in [7, 11) is 0. The van der Waals surface area contributed by atoms with E-state index in [9.17, 15) is 13.6 Å². The third-order valence-corrected chi connectivity index (χ3v) is 3.79. The molecular formula is C16H20F2N2O. The smallest absolute Gasteiger partial charge is 0.251 e. The molecule has 1 amide bonds. The van der Waals surface area contributed by atoms with Gasteiger partial charge in [-0.05, 0) is 37.7 Å². The second kappa shape index (κ2) is 6.24. The molecule has 5 heteroatoms. The monoisotopic (exact) mass is 294 g/mol. The number of halogens is 2. The molecule has 3 nitrogen and oxygen atoms in total. The van der Waals surface area contributed by atoms with E-state index >= 15 is 0 Å². The van der Waals surface area contributed by atoms with Crippen LogP contribution in [0, 0.1) is 23.5 Å². The lowest BCUT2D eigenvalue weighted by atomic mass is 9.83. The van der Waals surface area contributed by atoms with Gasteiger partial charge in [-0.15, -0.1) is 0 Å². The van der Waals surface area contributed by atoms with Gasteiger partial charge in [-0.2, -0.15) is 0 Å². The zero-order chi connectivity index (χ0) is 15.6. The minimum atomic E-state index is -0.935. The molecule has 0 radical (unpaired) electrons. The Morgan fingerprint density at radius 1 is 1.38 bits per heavy atom. The summed E-state index contributed by atoms with van der Waals surface area (Å²) in [5.41, 5.74) is 6.22. The Labute approximate surface area is 123 Å². The number of rotatable bonds is 4. The molecular weight excluding hydrogens is 274 g/mol. The van der Waals surface area contributed by atoms with Crippen LogP contribution in [0.25, 0.3) is 0 Å². The lowest BCUT2D eigenvalue weighted by Crippen LogP contribution is -2.21. The molecule has 2 rings (SSSR count). The summed E-state index contributed by atoms with van der Waals surface area (Å²) >= 11 is 0. The molecule has 1 aliphatic rings. The topological polar surface area (TPSA) is 55.1 Å². The van der Waals surface area contributed by atoms with Crippen LogP contribution in [0.5, 0.6) is 0 Å². The molecule has 3 N–H and O–H groups in total. The van der Waals surface area contributed by atoms with Crippen LogP contribution in [0.1, 0.15) is 37.0 Å². The summed E-state index contributed by atoms with van der Waals surface area (Å²) < 4.78 is 27.1. The van der Waals surface area contributed by atoms with Crippen LogP contribution < -0.4 is 11.1 Å². The van der Waals surface area contributed by atoms with Gasteiger partial charge in [0.05, 0.1) is 11.3 Å². The zero-order valence-electron chi connectivity index (χ0n) is 12.2. The van der Waals surface area contributed by atoms with E-state index in [0.717, 1.165) is 18.9 Å². The van der Waals surface area contributed by atoms with Gasteiger partial charge in [-0.1, -0.05) is 18.6 Å². The zero-order valence-corrected chi connectivity index (χ0v) is 12.2. The summed E-state index contributed by atoms with van der Waals surface area (Å²) in [6, 6.07) is 1.83. The Kier molecular flexibility index (Phi) is 4.60. The van der Waals surface area contributed by atoms with Crippen molar-refractivity contribution >= 4 is 11.6 Å². The summed E-state index contributed by atoms with van der Waals surface area (Å²) in [6.07, 6.45) is 4.23. The van der Waals surface area contributed by atoms with E-state index in [1.54, 1.807) is 0 Å². The quantitative estimate of drug-likeness (QED) is 0.835. The molecule has 0 spiro atoms. The van der Waals surface area contributed by atoms with Crippen molar-refractivity contribution in [1.29, 1.82) is 0 Å². The van der Waals surface area contributed by atoms with Crippen LogP contribution in [0.4, 0.5) is 14.5 Å².